The molecule has 1 saturated carbocycles. The van der Waals surface area contributed by atoms with Gasteiger partial charge in [0.05, 0.1) is 20.8 Å². The normalized spacial score (nSPS) is 14.7. The van der Waals surface area contributed by atoms with Crippen molar-refractivity contribution in [3.63, 3.8) is 0 Å². The van der Waals surface area contributed by atoms with E-state index in [0.29, 0.717) is 27.8 Å². The summed E-state index contributed by atoms with van der Waals surface area (Å²) in [4.78, 5) is 17.1. The summed E-state index contributed by atoms with van der Waals surface area (Å²) in [5.41, 5.74) is 2.90. The molecule has 1 aliphatic rings. The van der Waals surface area contributed by atoms with Crippen LogP contribution in [0.5, 0.6) is 0 Å². The third-order valence-corrected chi connectivity index (χ3v) is 8.49. The van der Waals surface area contributed by atoms with Crippen LogP contribution in [0.3, 0.4) is 0 Å². The van der Waals surface area contributed by atoms with Crippen molar-refractivity contribution >= 4 is 48.3 Å². The molecule has 0 spiro atoms. The predicted octanol–water partition coefficient (Wildman–Crippen LogP) is 6.40. The van der Waals surface area contributed by atoms with Crippen LogP contribution in [0.1, 0.15) is 53.9 Å². The number of hydrogen-bond acceptors (Lipinski definition) is 5. The van der Waals surface area contributed by atoms with E-state index in [1.54, 1.807) is 54.6 Å². The Morgan fingerprint density at radius 2 is 1.65 bits per heavy atom. The monoisotopic (exact) mass is 491 g/mol. The molecule has 174 valence electrons. The van der Waals surface area contributed by atoms with Crippen LogP contribution in [-0.2, 0) is 10.0 Å². The van der Waals surface area contributed by atoms with E-state index >= 15 is 0 Å². The quantitative estimate of drug-likeness (QED) is 0.327. The van der Waals surface area contributed by atoms with Crippen molar-refractivity contribution < 1.29 is 13.2 Å². The van der Waals surface area contributed by atoms with Gasteiger partial charge in [0.1, 0.15) is 0 Å². The second kappa shape index (κ2) is 9.56. The molecule has 1 fully saturated rings. The van der Waals surface area contributed by atoms with Crippen molar-refractivity contribution in [1.29, 1.82) is 0 Å². The molecule has 2 N–H and O–H groups in total. The largest absolute Gasteiger partial charge is 0.298 e. The number of sulfonamides is 1. The van der Waals surface area contributed by atoms with Crippen molar-refractivity contribution in [3.05, 3.63) is 83.9 Å². The maximum atomic E-state index is 13.0. The first-order chi connectivity index (χ1) is 16.5. The van der Waals surface area contributed by atoms with Crippen molar-refractivity contribution in [1.82, 2.24) is 4.98 Å². The Morgan fingerprint density at radius 3 is 2.38 bits per heavy atom. The molecule has 6 nitrogen and oxygen atoms in total. The molecular formula is C26H25N3O3S2. The molecule has 34 heavy (non-hydrogen) atoms. The molecule has 0 radical (unpaired) electrons. The van der Waals surface area contributed by atoms with Gasteiger partial charge in [0.15, 0.2) is 5.13 Å². The van der Waals surface area contributed by atoms with Gasteiger partial charge < -0.3 is 0 Å². The number of rotatable bonds is 6. The number of hydrogen-bond donors (Lipinski definition) is 2. The molecule has 1 aliphatic carbocycles. The van der Waals surface area contributed by atoms with E-state index in [1.165, 1.54) is 49.0 Å². The molecule has 1 heterocycles. The SMILES string of the molecule is O=C(Nc1nc2ccc(NS(=O)(=O)c3ccc(C4CCCCC4)cc3)cc2s1)c1ccccc1. The summed E-state index contributed by atoms with van der Waals surface area (Å²) in [6.45, 7) is 0. The third kappa shape index (κ3) is 4.98. The summed E-state index contributed by atoms with van der Waals surface area (Å²) in [6.07, 6.45) is 6.12. The average molecular weight is 492 g/mol. The fraction of sp³-hybridized carbons (Fsp3) is 0.231. The highest BCUT2D eigenvalue weighted by atomic mass is 32.2. The lowest BCUT2D eigenvalue weighted by Gasteiger charge is -2.22. The number of carbonyl (C=O) groups is 1. The Morgan fingerprint density at radius 1 is 0.912 bits per heavy atom. The van der Waals surface area contributed by atoms with Crippen LogP contribution in [0.25, 0.3) is 10.2 Å². The van der Waals surface area contributed by atoms with Gasteiger partial charge in [-0.25, -0.2) is 13.4 Å². The number of anilines is 2. The first-order valence-corrected chi connectivity index (χ1v) is 13.7. The van der Waals surface area contributed by atoms with E-state index in [4.69, 9.17) is 0 Å². The van der Waals surface area contributed by atoms with Gasteiger partial charge in [0.25, 0.3) is 15.9 Å². The Labute approximate surface area is 203 Å². The van der Waals surface area contributed by atoms with Gasteiger partial charge in [-0.1, -0.05) is 60.9 Å². The van der Waals surface area contributed by atoms with E-state index in [9.17, 15) is 13.2 Å². The number of amides is 1. The Hall–Kier alpha value is -3.23. The maximum Gasteiger partial charge on any atom is 0.261 e. The second-order valence-electron chi connectivity index (χ2n) is 8.53. The van der Waals surface area contributed by atoms with E-state index < -0.39 is 10.0 Å². The fourth-order valence-corrected chi connectivity index (χ4v) is 6.32. The average Bonchev–Trinajstić information content (AvgIpc) is 3.26. The van der Waals surface area contributed by atoms with Gasteiger partial charge in [-0.15, -0.1) is 0 Å². The van der Waals surface area contributed by atoms with E-state index in [0.717, 1.165) is 4.70 Å². The second-order valence-corrected chi connectivity index (χ2v) is 11.2. The predicted molar refractivity (Wildman–Crippen MR) is 137 cm³/mol. The number of nitrogens with zero attached hydrogens (tertiary/aromatic N) is 1. The smallest absolute Gasteiger partial charge is 0.261 e. The molecule has 3 aromatic carbocycles. The molecule has 5 rings (SSSR count). The van der Waals surface area contributed by atoms with Gasteiger partial charge in [0.2, 0.25) is 0 Å². The molecule has 0 unspecified atom stereocenters. The van der Waals surface area contributed by atoms with Crippen LogP contribution in [0.2, 0.25) is 0 Å². The zero-order chi connectivity index (χ0) is 23.5. The molecule has 0 bridgehead atoms. The van der Waals surface area contributed by atoms with Crippen LogP contribution in [0.4, 0.5) is 10.8 Å². The molecular weight excluding hydrogens is 466 g/mol. The topological polar surface area (TPSA) is 88.2 Å². The summed E-state index contributed by atoms with van der Waals surface area (Å²) >= 11 is 1.30. The number of aromatic nitrogens is 1. The first-order valence-electron chi connectivity index (χ1n) is 11.4. The molecule has 1 aromatic heterocycles. The number of benzene rings is 3. The van der Waals surface area contributed by atoms with Crippen LogP contribution in [-0.4, -0.2) is 19.3 Å². The van der Waals surface area contributed by atoms with Gasteiger partial charge in [0, 0.05) is 5.56 Å². The van der Waals surface area contributed by atoms with E-state index in [2.05, 4.69) is 15.0 Å². The number of nitrogens with one attached hydrogen (secondary N) is 2. The molecule has 1 amide bonds. The Bertz CT molecular complexity index is 1410. The molecule has 0 aliphatic heterocycles. The molecule has 0 atom stereocenters. The fourth-order valence-electron chi connectivity index (χ4n) is 4.37. The van der Waals surface area contributed by atoms with Gasteiger partial charge in [-0.05, 0) is 66.8 Å². The van der Waals surface area contributed by atoms with Crippen molar-refractivity contribution in [3.8, 4) is 0 Å². The zero-order valence-electron chi connectivity index (χ0n) is 18.5. The van der Waals surface area contributed by atoms with Gasteiger partial charge in [-0.2, -0.15) is 0 Å². The summed E-state index contributed by atoms with van der Waals surface area (Å²) in [6, 6.07) is 21.3. The van der Waals surface area contributed by atoms with Crippen molar-refractivity contribution in [2.45, 2.75) is 42.9 Å². The van der Waals surface area contributed by atoms with Crippen LogP contribution < -0.4 is 10.0 Å². The zero-order valence-corrected chi connectivity index (χ0v) is 20.2. The lowest BCUT2D eigenvalue weighted by Crippen LogP contribution is -2.13. The number of carbonyl (C=O) groups excluding carboxylic acids is 1. The Balaban J connectivity index is 1.30. The van der Waals surface area contributed by atoms with Crippen molar-refractivity contribution in [2.24, 2.45) is 0 Å². The lowest BCUT2D eigenvalue weighted by atomic mass is 9.84. The lowest BCUT2D eigenvalue weighted by molar-refractivity contribution is 0.102. The molecule has 4 aromatic rings. The van der Waals surface area contributed by atoms with Crippen LogP contribution in [0.15, 0.2) is 77.7 Å². The first kappa shape index (κ1) is 22.6. The van der Waals surface area contributed by atoms with Gasteiger partial charge >= 0.3 is 0 Å². The summed E-state index contributed by atoms with van der Waals surface area (Å²) < 4.78 is 29.3. The maximum absolute atomic E-state index is 13.0. The standard InChI is InChI=1S/C26H25N3O3S2/c30-25(20-9-5-2-6-10-20)28-26-27-23-16-13-21(17-24(23)33-26)29-34(31,32)22-14-11-19(12-15-22)18-7-3-1-4-8-18/h2,5-6,9-18,29H,1,3-4,7-8H2,(H,27,28,30). The molecule has 8 heteroatoms. The highest BCUT2D eigenvalue weighted by Gasteiger charge is 2.19. The van der Waals surface area contributed by atoms with Crippen molar-refractivity contribution in [2.75, 3.05) is 10.0 Å². The highest BCUT2D eigenvalue weighted by Crippen LogP contribution is 2.33. The van der Waals surface area contributed by atoms with Crippen LogP contribution in [0, 0.1) is 0 Å². The summed E-state index contributed by atoms with van der Waals surface area (Å²) in [5, 5.41) is 3.26. The minimum Gasteiger partial charge on any atom is -0.298 e. The van der Waals surface area contributed by atoms with Crippen LogP contribution >= 0.6 is 11.3 Å². The molecule has 0 saturated heterocycles. The van der Waals surface area contributed by atoms with E-state index in [-0.39, 0.29) is 10.8 Å². The summed E-state index contributed by atoms with van der Waals surface area (Å²) in [5.74, 6) is 0.293. The third-order valence-electron chi connectivity index (χ3n) is 6.16. The minimum absolute atomic E-state index is 0.239. The Kier molecular flexibility index (Phi) is 6.34. The number of fused-ring (bicyclic) bond motifs is 1. The summed E-state index contributed by atoms with van der Waals surface area (Å²) in [7, 11) is -3.71. The number of thiazole rings is 1. The highest BCUT2D eigenvalue weighted by molar-refractivity contribution is 7.92. The minimum atomic E-state index is -3.71. The van der Waals surface area contributed by atoms with E-state index in [1.807, 2.05) is 18.2 Å². The van der Waals surface area contributed by atoms with Gasteiger partial charge in [-0.3, -0.25) is 14.8 Å².